The molecule has 21 heavy (non-hydrogen) atoms. The average molecular weight is 340 g/mol. The van der Waals surface area contributed by atoms with Gasteiger partial charge >= 0.3 is 0 Å². The Balaban J connectivity index is 2.24. The van der Waals surface area contributed by atoms with Gasteiger partial charge in [-0.05, 0) is 25.3 Å². The zero-order valence-electron chi connectivity index (χ0n) is 11.9. The van der Waals surface area contributed by atoms with Crippen LogP contribution in [-0.4, -0.2) is 27.9 Å². The molecule has 1 atom stereocenters. The van der Waals surface area contributed by atoms with Gasteiger partial charge in [-0.2, -0.15) is 24.4 Å². The third kappa shape index (κ3) is 4.46. The maximum Gasteiger partial charge on any atom is 0.225 e. The van der Waals surface area contributed by atoms with Crippen molar-refractivity contribution in [3.05, 3.63) is 30.2 Å². The van der Waals surface area contributed by atoms with Gasteiger partial charge < -0.3 is 5.32 Å². The van der Waals surface area contributed by atoms with E-state index < -0.39 is 0 Å². The number of hydrogen-bond acceptors (Lipinski definition) is 6. The molecule has 4 nitrogen and oxygen atoms in total. The van der Waals surface area contributed by atoms with Gasteiger partial charge in [-0.15, -0.1) is 0 Å². The summed E-state index contributed by atoms with van der Waals surface area (Å²) in [5.74, 6) is 0.826. The summed E-state index contributed by atoms with van der Waals surface area (Å²) < 4.78 is 0. The van der Waals surface area contributed by atoms with Gasteiger partial charge in [-0.25, -0.2) is 4.98 Å². The smallest absolute Gasteiger partial charge is 0.225 e. The Morgan fingerprint density at radius 2 is 2.38 bits per heavy atom. The fraction of sp³-hybridized carbons (Fsp3) is 0.357. The molecule has 0 bridgehead atoms. The molecule has 1 unspecified atom stereocenters. The van der Waals surface area contributed by atoms with Crippen LogP contribution in [0.2, 0.25) is 0 Å². The number of thiazole rings is 1. The van der Waals surface area contributed by atoms with E-state index in [0.717, 1.165) is 27.0 Å². The summed E-state index contributed by atoms with van der Waals surface area (Å²) in [6.45, 7) is 1.95. The molecule has 2 heterocycles. The van der Waals surface area contributed by atoms with Crippen LogP contribution in [0.3, 0.4) is 0 Å². The Bertz CT molecular complexity index is 599. The zero-order valence-corrected chi connectivity index (χ0v) is 14.4. The Labute approximate surface area is 138 Å². The monoisotopic (exact) mass is 339 g/mol. The minimum atomic E-state index is -0.0393. The van der Waals surface area contributed by atoms with Crippen LogP contribution < -0.4 is 5.32 Å². The third-order valence-corrected chi connectivity index (χ3v) is 4.64. The predicted molar refractivity (Wildman–Crippen MR) is 94.4 cm³/mol. The molecule has 0 saturated carbocycles. The van der Waals surface area contributed by atoms with Crippen LogP contribution in [0.15, 0.2) is 24.5 Å². The highest BCUT2D eigenvalue weighted by atomic mass is 32.2. The van der Waals surface area contributed by atoms with E-state index in [1.807, 2.05) is 25.3 Å². The van der Waals surface area contributed by atoms with Crippen molar-refractivity contribution in [2.45, 2.75) is 18.6 Å². The molecule has 0 aliphatic rings. The molecule has 0 aromatic carbocycles. The average Bonchev–Trinajstić information content (AvgIpc) is 2.90. The normalized spacial score (nSPS) is 12.1. The van der Waals surface area contributed by atoms with E-state index in [0.29, 0.717) is 6.42 Å². The number of carbonyl (C=O) groups excluding carboxylic acids is 1. The van der Waals surface area contributed by atoms with Crippen LogP contribution in [0, 0.1) is 0 Å². The van der Waals surface area contributed by atoms with Crippen molar-refractivity contribution in [1.82, 2.24) is 9.97 Å². The number of pyridine rings is 1. The number of thioether (sulfide) groups is 1. The second-order valence-corrected chi connectivity index (χ2v) is 7.20. The molecule has 0 fully saturated rings. The molecule has 1 amide bonds. The highest BCUT2D eigenvalue weighted by Gasteiger charge is 2.17. The molecular weight excluding hydrogens is 322 g/mol. The van der Waals surface area contributed by atoms with Gasteiger partial charge in [0.05, 0.1) is 5.69 Å². The lowest BCUT2D eigenvalue weighted by atomic mass is 10.3. The minimum absolute atomic E-state index is 0.0148. The van der Waals surface area contributed by atoms with Gasteiger partial charge in [-0.3, -0.25) is 9.78 Å². The summed E-state index contributed by atoms with van der Waals surface area (Å²) in [4.78, 5) is 20.6. The van der Waals surface area contributed by atoms with E-state index in [4.69, 9.17) is 0 Å². The first-order valence-electron chi connectivity index (χ1n) is 6.49. The first kappa shape index (κ1) is 16.3. The number of aromatic nitrogens is 2. The molecule has 0 radical (unpaired) electrons. The number of anilines is 1. The van der Waals surface area contributed by atoms with Gasteiger partial charge in [0.15, 0.2) is 0 Å². The summed E-state index contributed by atoms with van der Waals surface area (Å²) in [5.41, 5.74) is 1.75. The zero-order chi connectivity index (χ0) is 15.2. The van der Waals surface area contributed by atoms with Crippen molar-refractivity contribution in [3.63, 3.8) is 0 Å². The molecule has 112 valence electrons. The number of rotatable bonds is 6. The van der Waals surface area contributed by atoms with Crippen molar-refractivity contribution < 1.29 is 4.79 Å². The largest absolute Gasteiger partial charge is 0.316 e. The van der Waals surface area contributed by atoms with E-state index in [1.54, 1.807) is 24.2 Å². The maximum absolute atomic E-state index is 11.9. The Kier molecular flexibility index (Phi) is 6.08. The Morgan fingerprint density at radius 1 is 1.57 bits per heavy atom. The summed E-state index contributed by atoms with van der Waals surface area (Å²) in [6, 6.07) is 3.83. The highest BCUT2D eigenvalue weighted by molar-refractivity contribution is 7.98. The van der Waals surface area contributed by atoms with E-state index in [1.165, 1.54) is 11.3 Å². The lowest BCUT2D eigenvalue weighted by molar-refractivity contribution is -0.115. The fourth-order valence-corrected chi connectivity index (χ4v) is 3.43. The quantitative estimate of drug-likeness (QED) is 0.784. The Hall–Kier alpha value is -1.05. The van der Waals surface area contributed by atoms with Crippen LogP contribution in [0.1, 0.15) is 24.3 Å². The molecule has 7 heteroatoms. The van der Waals surface area contributed by atoms with E-state index in [9.17, 15) is 4.79 Å². The fourth-order valence-electron chi connectivity index (χ4n) is 1.70. The summed E-state index contributed by atoms with van der Waals surface area (Å²) in [6.07, 6.45) is 5.98. The van der Waals surface area contributed by atoms with Gasteiger partial charge in [0.25, 0.3) is 0 Å². The number of carbonyl (C=O) groups is 1. The number of thiol groups is 1. The first-order valence-corrected chi connectivity index (χ1v) is 9.22. The van der Waals surface area contributed by atoms with Crippen LogP contribution >= 0.6 is 35.7 Å². The predicted octanol–water partition coefficient (Wildman–Crippen LogP) is 3.89. The molecule has 0 spiro atoms. The van der Waals surface area contributed by atoms with Crippen molar-refractivity contribution in [1.29, 1.82) is 0 Å². The van der Waals surface area contributed by atoms with Crippen LogP contribution in [-0.2, 0) is 4.79 Å². The summed E-state index contributed by atoms with van der Waals surface area (Å²) in [7, 11) is 0. The minimum Gasteiger partial charge on any atom is -0.316 e. The molecule has 0 aliphatic carbocycles. The van der Waals surface area contributed by atoms with Crippen molar-refractivity contribution >= 4 is 46.6 Å². The van der Waals surface area contributed by atoms with E-state index in [-0.39, 0.29) is 11.2 Å². The van der Waals surface area contributed by atoms with E-state index >= 15 is 0 Å². The second kappa shape index (κ2) is 7.82. The summed E-state index contributed by atoms with van der Waals surface area (Å²) in [5, 5.41) is 4.54. The molecule has 0 saturated heterocycles. The number of amides is 1. The van der Waals surface area contributed by atoms with Crippen LogP contribution in [0.4, 0.5) is 5.00 Å². The number of nitrogens with one attached hydrogen (secondary N) is 1. The highest BCUT2D eigenvalue weighted by Crippen LogP contribution is 2.36. The van der Waals surface area contributed by atoms with Crippen molar-refractivity contribution in [2.24, 2.45) is 0 Å². The van der Waals surface area contributed by atoms with Gasteiger partial charge in [-0.1, -0.05) is 11.3 Å². The first-order chi connectivity index (χ1) is 10.1. The molecule has 1 N–H and O–H groups in total. The molecular formula is C14H17N3OS3. The topological polar surface area (TPSA) is 54.9 Å². The maximum atomic E-state index is 11.9. The SMILES string of the molecule is CSCCC(=O)Nc1sc(-c2cccnc2)nc1C(C)S. The van der Waals surface area contributed by atoms with Crippen molar-refractivity contribution in [2.75, 3.05) is 17.3 Å². The molecule has 0 aliphatic heterocycles. The summed E-state index contributed by atoms with van der Waals surface area (Å²) >= 11 is 7.57. The number of hydrogen-bond donors (Lipinski definition) is 2. The van der Waals surface area contributed by atoms with Gasteiger partial charge in [0.1, 0.15) is 10.0 Å². The lowest BCUT2D eigenvalue weighted by Crippen LogP contribution is -2.12. The van der Waals surface area contributed by atoms with Crippen LogP contribution in [0.25, 0.3) is 10.6 Å². The van der Waals surface area contributed by atoms with Crippen LogP contribution in [0.5, 0.6) is 0 Å². The molecule has 2 aromatic rings. The third-order valence-electron chi connectivity index (χ3n) is 2.74. The standard InChI is InChI=1S/C14H17N3OS3/c1-9(19)12-14(16-11(18)5-7-20-2)21-13(17-12)10-4-3-6-15-8-10/h3-4,6,8-9,19H,5,7H2,1-2H3,(H,16,18). The number of nitrogens with zero attached hydrogens (tertiary/aromatic N) is 2. The van der Waals surface area contributed by atoms with Gasteiger partial charge in [0.2, 0.25) is 5.91 Å². The lowest BCUT2D eigenvalue weighted by Gasteiger charge is -2.06. The van der Waals surface area contributed by atoms with E-state index in [2.05, 4.69) is 27.9 Å². The second-order valence-electron chi connectivity index (χ2n) is 4.44. The Morgan fingerprint density at radius 3 is 3.00 bits per heavy atom. The van der Waals surface area contributed by atoms with Crippen molar-refractivity contribution in [3.8, 4) is 10.6 Å². The van der Waals surface area contributed by atoms with Gasteiger partial charge in [0, 0.05) is 35.4 Å². The molecule has 2 aromatic heterocycles. The molecule has 2 rings (SSSR count).